The predicted molar refractivity (Wildman–Crippen MR) is 109 cm³/mol. The van der Waals surface area contributed by atoms with Crippen molar-refractivity contribution >= 4 is 27.6 Å². The first-order valence-corrected chi connectivity index (χ1v) is 9.08. The first-order valence-electron chi connectivity index (χ1n) is 9.08. The minimum absolute atomic E-state index is 0.397. The number of nitrogens with zero attached hydrogens (tertiary/aromatic N) is 5. The molecule has 7 heteroatoms. The van der Waals surface area contributed by atoms with E-state index in [1.807, 2.05) is 42.6 Å². The summed E-state index contributed by atoms with van der Waals surface area (Å²) >= 11 is 0. The lowest BCUT2D eigenvalue weighted by Gasteiger charge is -2.04. The fourth-order valence-electron chi connectivity index (χ4n) is 3.61. The Morgan fingerprint density at radius 3 is 2.83 bits per heavy atom. The Kier molecular flexibility index (Phi) is 3.25. The number of hydrogen-bond acceptors (Lipinski definition) is 4. The quantitative estimate of drug-likeness (QED) is 0.476. The van der Waals surface area contributed by atoms with Crippen molar-refractivity contribution in [3.63, 3.8) is 0 Å². The van der Waals surface area contributed by atoms with Crippen molar-refractivity contribution in [2.24, 2.45) is 0 Å². The van der Waals surface area contributed by atoms with Gasteiger partial charge in [-0.05, 0) is 36.4 Å². The van der Waals surface area contributed by atoms with Gasteiger partial charge in [0.2, 0.25) is 5.95 Å². The second-order valence-corrected chi connectivity index (χ2v) is 6.80. The van der Waals surface area contributed by atoms with Gasteiger partial charge in [0.25, 0.3) is 0 Å². The number of H-pyrrole nitrogens is 1. The van der Waals surface area contributed by atoms with E-state index in [1.165, 1.54) is 10.6 Å². The molecule has 0 saturated heterocycles. The summed E-state index contributed by atoms with van der Waals surface area (Å²) in [5, 5.41) is 1.91. The van der Waals surface area contributed by atoms with E-state index in [9.17, 15) is 4.39 Å². The van der Waals surface area contributed by atoms with Crippen LogP contribution in [0.1, 0.15) is 0 Å². The van der Waals surface area contributed by atoms with Gasteiger partial charge >= 0.3 is 0 Å². The van der Waals surface area contributed by atoms with Gasteiger partial charge < -0.3 is 4.98 Å². The van der Waals surface area contributed by atoms with E-state index in [0.29, 0.717) is 11.5 Å². The molecule has 5 aromatic heterocycles. The standard InChI is InChI=1S/C22H13FN6/c23-19-11-25-20-6-4-15(12-29(19)20)16-9-27-22-17(16)10-26-21(28-22)14-3-5-18-13(8-14)2-1-7-24-18/h1-12H,(H,26,27,28). The fraction of sp³-hybridized carbons (Fsp3) is 0. The highest BCUT2D eigenvalue weighted by atomic mass is 19.1. The number of hydrogen-bond donors (Lipinski definition) is 1. The van der Waals surface area contributed by atoms with Crippen LogP contribution in [0.15, 0.2) is 73.4 Å². The van der Waals surface area contributed by atoms with Gasteiger partial charge in [-0.15, -0.1) is 0 Å². The smallest absolute Gasteiger partial charge is 0.217 e. The topological polar surface area (TPSA) is 71.8 Å². The van der Waals surface area contributed by atoms with Crippen LogP contribution >= 0.6 is 0 Å². The van der Waals surface area contributed by atoms with Gasteiger partial charge in [-0.3, -0.25) is 9.38 Å². The monoisotopic (exact) mass is 380 g/mol. The molecule has 0 amide bonds. The van der Waals surface area contributed by atoms with Gasteiger partial charge in [0.15, 0.2) is 5.82 Å². The number of fused-ring (bicyclic) bond motifs is 3. The maximum absolute atomic E-state index is 13.9. The highest BCUT2D eigenvalue weighted by Gasteiger charge is 2.12. The summed E-state index contributed by atoms with van der Waals surface area (Å²) in [6.45, 7) is 0. The van der Waals surface area contributed by atoms with E-state index in [0.717, 1.165) is 38.6 Å². The first kappa shape index (κ1) is 15.9. The Bertz CT molecular complexity index is 1530. The predicted octanol–water partition coefficient (Wildman–Crippen LogP) is 4.63. The van der Waals surface area contributed by atoms with Gasteiger partial charge in [-0.1, -0.05) is 6.07 Å². The zero-order chi connectivity index (χ0) is 19.4. The molecule has 6 nitrogen and oxygen atoms in total. The third kappa shape index (κ3) is 2.48. The Labute approximate surface area is 163 Å². The van der Waals surface area contributed by atoms with Crippen LogP contribution in [0.5, 0.6) is 0 Å². The molecular weight excluding hydrogens is 367 g/mol. The summed E-state index contributed by atoms with van der Waals surface area (Å²) in [5.41, 5.74) is 4.91. The summed E-state index contributed by atoms with van der Waals surface area (Å²) in [5.74, 6) is 0.235. The van der Waals surface area contributed by atoms with Crippen LogP contribution in [0.25, 0.3) is 50.1 Å². The van der Waals surface area contributed by atoms with Crippen LogP contribution in [0.4, 0.5) is 4.39 Å². The fourth-order valence-corrected chi connectivity index (χ4v) is 3.61. The average molecular weight is 380 g/mol. The van der Waals surface area contributed by atoms with Crippen LogP contribution < -0.4 is 0 Å². The minimum Gasteiger partial charge on any atom is -0.345 e. The van der Waals surface area contributed by atoms with Gasteiger partial charge in [0.05, 0.1) is 11.7 Å². The van der Waals surface area contributed by atoms with E-state index in [1.54, 1.807) is 24.7 Å². The summed E-state index contributed by atoms with van der Waals surface area (Å²) in [6.07, 6.45) is 8.38. The molecule has 0 fully saturated rings. The van der Waals surface area contributed by atoms with Crippen molar-refractivity contribution in [3.05, 3.63) is 79.4 Å². The zero-order valence-electron chi connectivity index (χ0n) is 15.0. The van der Waals surface area contributed by atoms with Crippen molar-refractivity contribution in [1.29, 1.82) is 0 Å². The highest BCUT2D eigenvalue weighted by molar-refractivity contribution is 5.94. The molecule has 0 radical (unpaired) electrons. The lowest BCUT2D eigenvalue weighted by molar-refractivity contribution is 0.573. The summed E-state index contributed by atoms with van der Waals surface area (Å²) < 4.78 is 15.3. The Balaban J connectivity index is 1.46. The Morgan fingerprint density at radius 2 is 1.86 bits per heavy atom. The average Bonchev–Trinajstić information content (AvgIpc) is 3.36. The third-order valence-corrected chi connectivity index (χ3v) is 5.06. The van der Waals surface area contributed by atoms with Gasteiger partial charge in [0.1, 0.15) is 11.3 Å². The van der Waals surface area contributed by atoms with Crippen LogP contribution in [0.2, 0.25) is 0 Å². The van der Waals surface area contributed by atoms with E-state index in [4.69, 9.17) is 0 Å². The minimum atomic E-state index is -0.397. The summed E-state index contributed by atoms with van der Waals surface area (Å²) in [6, 6.07) is 13.6. The molecule has 6 rings (SSSR count). The van der Waals surface area contributed by atoms with Crippen molar-refractivity contribution in [3.8, 4) is 22.5 Å². The maximum Gasteiger partial charge on any atom is 0.217 e. The lowest BCUT2D eigenvalue weighted by atomic mass is 10.1. The molecule has 0 saturated carbocycles. The number of benzene rings is 1. The van der Waals surface area contributed by atoms with Crippen LogP contribution in [-0.4, -0.2) is 29.3 Å². The SMILES string of the molecule is Fc1cnc2ccc(-c3c[nH]c4nc(-c5ccc6ncccc6c5)ncc34)cn12. The van der Waals surface area contributed by atoms with Crippen molar-refractivity contribution in [1.82, 2.24) is 29.3 Å². The molecular formula is C22H13FN6. The highest BCUT2D eigenvalue weighted by Crippen LogP contribution is 2.29. The largest absolute Gasteiger partial charge is 0.345 e. The molecule has 1 aromatic carbocycles. The molecule has 0 aliphatic heterocycles. The molecule has 0 aliphatic carbocycles. The number of nitrogens with one attached hydrogen (secondary N) is 1. The molecule has 1 N–H and O–H groups in total. The molecule has 6 aromatic rings. The molecule has 29 heavy (non-hydrogen) atoms. The van der Waals surface area contributed by atoms with Crippen molar-refractivity contribution in [2.45, 2.75) is 0 Å². The third-order valence-electron chi connectivity index (χ3n) is 5.06. The van der Waals surface area contributed by atoms with Crippen LogP contribution in [0.3, 0.4) is 0 Å². The van der Waals surface area contributed by atoms with Crippen molar-refractivity contribution in [2.75, 3.05) is 0 Å². The number of aromatic nitrogens is 6. The molecule has 0 spiro atoms. The maximum atomic E-state index is 13.9. The number of aromatic amines is 1. The number of imidazole rings is 1. The number of pyridine rings is 2. The zero-order valence-corrected chi connectivity index (χ0v) is 15.0. The van der Waals surface area contributed by atoms with E-state index in [2.05, 4.69) is 24.9 Å². The molecule has 5 heterocycles. The van der Waals surface area contributed by atoms with Gasteiger partial charge in [-0.25, -0.2) is 15.0 Å². The summed E-state index contributed by atoms with van der Waals surface area (Å²) in [4.78, 5) is 20.8. The Morgan fingerprint density at radius 1 is 0.931 bits per heavy atom. The number of rotatable bonds is 2. The van der Waals surface area contributed by atoms with Crippen LogP contribution in [0, 0.1) is 5.95 Å². The van der Waals surface area contributed by atoms with E-state index in [-0.39, 0.29) is 0 Å². The van der Waals surface area contributed by atoms with E-state index < -0.39 is 5.95 Å². The summed E-state index contributed by atoms with van der Waals surface area (Å²) in [7, 11) is 0. The normalized spacial score (nSPS) is 11.6. The van der Waals surface area contributed by atoms with Crippen LogP contribution in [-0.2, 0) is 0 Å². The second-order valence-electron chi connectivity index (χ2n) is 6.80. The second kappa shape index (κ2) is 5.93. The first-order chi connectivity index (χ1) is 14.3. The molecule has 0 unspecified atom stereocenters. The van der Waals surface area contributed by atoms with Gasteiger partial charge in [0, 0.05) is 52.3 Å². The number of halogens is 1. The molecule has 0 bridgehead atoms. The molecule has 0 aliphatic rings. The van der Waals surface area contributed by atoms with Gasteiger partial charge in [-0.2, -0.15) is 4.39 Å². The lowest BCUT2D eigenvalue weighted by Crippen LogP contribution is -1.91. The molecule has 138 valence electrons. The van der Waals surface area contributed by atoms with E-state index >= 15 is 0 Å². The van der Waals surface area contributed by atoms with Crippen molar-refractivity contribution < 1.29 is 4.39 Å². The Hall–Kier alpha value is -4.13. The molecule has 0 atom stereocenters.